The van der Waals surface area contributed by atoms with Crippen molar-refractivity contribution in [3.63, 3.8) is 0 Å². The summed E-state index contributed by atoms with van der Waals surface area (Å²) in [5, 5.41) is 0. The molecule has 0 bridgehead atoms. The largest absolute Gasteiger partial charge is 0.468 e. The fourth-order valence-corrected chi connectivity index (χ4v) is 2.53. The molecule has 0 atom stereocenters. The van der Waals surface area contributed by atoms with Gasteiger partial charge in [0.1, 0.15) is 6.54 Å². The second-order valence-corrected chi connectivity index (χ2v) is 4.97. The maximum atomic E-state index is 12.4. The van der Waals surface area contributed by atoms with E-state index in [4.69, 9.17) is 0 Å². The zero-order valence-corrected chi connectivity index (χ0v) is 11.6. The fourth-order valence-electron chi connectivity index (χ4n) is 2.53. The number of likely N-dealkylation sites (N-methyl/N-ethyl adjacent to an activating group) is 1. The molecule has 0 heterocycles. The quantitative estimate of drug-likeness (QED) is 0.724. The molecular weight excluding hydrogens is 230 g/mol. The predicted octanol–water partition coefficient (Wildman–Crippen LogP) is 2.37. The van der Waals surface area contributed by atoms with E-state index in [0.717, 1.165) is 25.7 Å². The third-order valence-corrected chi connectivity index (χ3v) is 3.70. The first-order chi connectivity index (χ1) is 8.69. The number of amides is 1. The molecule has 1 aliphatic rings. The number of methoxy groups -OCH3 is 1. The van der Waals surface area contributed by atoms with Crippen LogP contribution in [0.15, 0.2) is 0 Å². The highest BCUT2D eigenvalue weighted by atomic mass is 16.5. The van der Waals surface area contributed by atoms with Crippen LogP contribution in [0, 0.1) is 5.92 Å². The van der Waals surface area contributed by atoms with Gasteiger partial charge in [-0.05, 0) is 19.8 Å². The predicted molar refractivity (Wildman–Crippen MR) is 70.1 cm³/mol. The highest BCUT2D eigenvalue weighted by molar-refractivity contribution is 5.83. The molecule has 0 spiro atoms. The Kier molecular flexibility index (Phi) is 6.76. The molecule has 18 heavy (non-hydrogen) atoms. The molecule has 1 fully saturated rings. The summed E-state index contributed by atoms with van der Waals surface area (Å²) in [6.07, 6.45) is 7.95. The lowest BCUT2D eigenvalue weighted by atomic mass is 9.90. The molecule has 0 radical (unpaired) electrons. The third kappa shape index (κ3) is 4.67. The number of carbonyl (C=O) groups is 2. The van der Waals surface area contributed by atoms with Crippen LogP contribution in [-0.2, 0) is 14.3 Å². The van der Waals surface area contributed by atoms with E-state index in [1.807, 2.05) is 6.92 Å². The van der Waals surface area contributed by atoms with Gasteiger partial charge in [-0.3, -0.25) is 9.59 Å². The summed E-state index contributed by atoms with van der Waals surface area (Å²) in [6.45, 7) is 2.57. The fraction of sp³-hybridized carbons (Fsp3) is 0.857. The van der Waals surface area contributed by atoms with E-state index in [0.29, 0.717) is 6.54 Å². The van der Waals surface area contributed by atoms with Crippen LogP contribution < -0.4 is 0 Å². The third-order valence-electron chi connectivity index (χ3n) is 3.70. The lowest BCUT2D eigenvalue weighted by Crippen LogP contribution is -2.40. The molecule has 1 aliphatic carbocycles. The standard InChI is InChI=1S/C14H25NO3/c1-3-15(11-13(16)18-2)14(17)12-9-7-5-4-6-8-10-12/h12H,3-11H2,1-2H3. The van der Waals surface area contributed by atoms with Crippen LogP contribution in [0.1, 0.15) is 51.9 Å². The summed E-state index contributed by atoms with van der Waals surface area (Å²) in [4.78, 5) is 25.3. The first-order valence-electron chi connectivity index (χ1n) is 7.04. The van der Waals surface area contributed by atoms with Crippen molar-refractivity contribution in [1.29, 1.82) is 0 Å². The van der Waals surface area contributed by atoms with Crippen LogP contribution in [0.5, 0.6) is 0 Å². The highest BCUT2D eigenvalue weighted by Gasteiger charge is 2.25. The number of carbonyl (C=O) groups excluding carboxylic acids is 2. The van der Waals surface area contributed by atoms with Gasteiger partial charge in [0.15, 0.2) is 0 Å². The number of rotatable bonds is 4. The molecule has 0 aromatic carbocycles. The van der Waals surface area contributed by atoms with E-state index < -0.39 is 0 Å². The van der Waals surface area contributed by atoms with Gasteiger partial charge in [0.25, 0.3) is 0 Å². The molecule has 1 amide bonds. The maximum Gasteiger partial charge on any atom is 0.325 e. The number of hydrogen-bond acceptors (Lipinski definition) is 3. The van der Waals surface area contributed by atoms with Crippen molar-refractivity contribution < 1.29 is 14.3 Å². The van der Waals surface area contributed by atoms with Crippen molar-refractivity contribution in [3.05, 3.63) is 0 Å². The summed E-state index contributed by atoms with van der Waals surface area (Å²) in [5.74, 6) is -0.101. The number of nitrogens with zero attached hydrogens (tertiary/aromatic N) is 1. The summed E-state index contributed by atoms with van der Waals surface area (Å²) >= 11 is 0. The molecule has 0 saturated heterocycles. The van der Waals surface area contributed by atoms with Crippen LogP contribution in [0.4, 0.5) is 0 Å². The Balaban J connectivity index is 2.54. The Hall–Kier alpha value is -1.06. The molecule has 0 unspecified atom stereocenters. The molecule has 4 heteroatoms. The Morgan fingerprint density at radius 2 is 1.67 bits per heavy atom. The van der Waals surface area contributed by atoms with Gasteiger partial charge in [-0.2, -0.15) is 0 Å². The summed E-state index contributed by atoms with van der Waals surface area (Å²) in [5.41, 5.74) is 0. The monoisotopic (exact) mass is 255 g/mol. The van der Waals surface area contributed by atoms with Gasteiger partial charge >= 0.3 is 5.97 Å². The topological polar surface area (TPSA) is 46.6 Å². The minimum Gasteiger partial charge on any atom is -0.468 e. The van der Waals surface area contributed by atoms with E-state index in [1.165, 1.54) is 26.4 Å². The summed E-state index contributed by atoms with van der Waals surface area (Å²) < 4.78 is 4.63. The van der Waals surface area contributed by atoms with Crippen LogP contribution >= 0.6 is 0 Å². The zero-order valence-electron chi connectivity index (χ0n) is 11.6. The number of hydrogen-bond donors (Lipinski definition) is 0. The van der Waals surface area contributed by atoms with Gasteiger partial charge in [0.05, 0.1) is 7.11 Å². The number of esters is 1. The minimum atomic E-state index is -0.337. The average molecular weight is 255 g/mol. The van der Waals surface area contributed by atoms with Crippen molar-refractivity contribution in [2.24, 2.45) is 5.92 Å². The van der Waals surface area contributed by atoms with Crippen molar-refractivity contribution in [2.75, 3.05) is 20.2 Å². The van der Waals surface area contributed by atoms with E-state index in [9.17, 15) is 9.59 Å². The van der Waals surface area contributed by atoms with E-state index >= 15 is 0 Å². The second-order valence-electron chi connectivity index (χ2n) is 4.97. The second kappa shape index (κ2) is 8.11. The maximum absolute atomic E-state index is 12.4. The van der Waals surface area contributed by atoms with Crippen LogP contribution in [-0.4, -0.2) is 37.0 Å². The summed E-state index contributed by atoms with van der Waals surface area (Å²) in [7, 11) is 1.36. The van der Waals surface area contributed by atoms with Gasteiger partial charge in [-0.1, -0.05) is 32.1 Å². The molecule has 0 aromatic rings. The Morgan fingerprint density at radius 3 is 2.17 bits per heavy atom. The Bertz CT molecular complexity index is 270. The van der Waals surface area contributed by atoms with E-state index in [1.54, 1.807) is 4.90 Å². The van der Waals surface area contributed by atoms with Crippen molar-refractivity contribution >= 4 is 11.9 Å². The van der Waals surface area contributed by atoms with E-state index in [-0.39, 0.29) is 24.3 Å². The molecule has 0 aromatic heterocycles. The molecular formula is C14H25NO3. The smallest absolute Gasteiger partial charge is 0.325 e. The van der Waals surface area contributed by atoms with Crippen LogP contribution in [0.2, 0.25) is 0 Å². The molecule has 1 saturated carbocycles. The lowest BCUT2D eigenvalue weighted by Gasteiger charge is -2.26. The molecule has 1 rings (SSSR count). The van der Waals surface area contributed by atoms with Gasteiger partial charge in [-0.15, -0.1) is 0 Å². The van der Waals surface area contributed by atoms with Gasteiger partial charge in [-0.25, -0.2) is 0 Å². The van der Waals surface area contributed by atoms with Crippen molar-refractivity contribution in [2.45, 2.75) is 51.9 Å². The molecule has 0 N–H and O–H groups in total. The molecule has 0 aliphatic heterocycles. The number of ether oxygens (including phenoxy) is 1. The SMILES string of the molecule is CCN(CC(=O)OC)C(=O)C1CCCCCCC1. The highest BCUT2D eigenvalue weighted by Crippen LogP contribution is 2.24. The first kappa shape index (κ1) is 15.0. The molecule has 104 valence electrons. The van der Waals surface area contributed by atoms with Crippen LogP contribution in [0.3, 0.4) is 0 Å². The zero-order chi connectivity index (χ0) is 13.4. The van der Waals surface area contributed by atoms with Crippen molar-refractivity contribution in [3.8, 4) is 0 Å². The van der Waals surface area contributed by atoms with Gasteiger partial charge < -0.3 is 9.64 Å². The van der Waals surface area contributed by atoms with Crippen molar-refractivity contribution in [1.82, 2.24) is 4.90 Å². The Morgan fingerprint density at radius 1 is 1.11 bits per heavy atom. The van der Waals surface area contributed by atoms with Crippen LogP contribution in [0.25, 0.3) is 0 Å². The van der Waals surface area contributed by atoms with E-state index in [2.05, 4.69) is 4.74 Å². The normalized spacial score (nSPS) is 17.7. The first-order valence-corrected chi connectivity index (χ1v) is 7.04. The lowest BCUT2D eigenvalue weighted by molar-refractivity contribution is -0.148. The van der Waals surface area contributed by atoms with Gasteiger partial charge in [0, 0.05) is 12.5 Å². The Labute approximate surface area is 110 Å². The molecule has 4 nitrogen and oxygen atoms in total. The van der Waals surface area contributed by atoms with Gasteiger partial charge in [0.2, 0.25) is 5.91 Å². The minimum absolute atomic E-state index is 0.0856. The summed E-state index contributed by atoms with van der Waals surface area (Å²) in [6, 6.07) is 0. The average Bonchev–Trinajstić information content (AvgIpc) is 2.34.